The van der Waals surface area contributed by atoms with Crippen LogP contribution in [0.2, 0.25) is 0 Å². The van der Waals surface area contributed by atoms with E-state index in [1.54, 1.807) is 30.9 Å². The first-order valence-electron chi connectivity index (χ1n) is 13.3. The summed E-state index contributed by atoms with van der Waals surface area (Å²) in [7, 11) is -1.81. The molecule has 1 fully saturated rings. The summed E-state index contributed by atoms with van der Waals surface area (Å²) in [5.74, 6) is 1.19. The van der Waals surface area contributed by atoms with E-state index in [1.807, 2.05) is 20.8 Å². The van der Waals surface area contributed by atoms with Gasteiger partial charge in [0.25, 0.3) is 5.56 Å². The first-order chi connectivity index (χ1) is 19.2. The lowest BCUT2D eigenvalue weighted by atomic mass is 10.1. The Morgan fingerprint density at radius 2 is 1.85 bits per heavy atom. The van der Waals surface area contributed by atoms with Gasteiger partial charge < -0.3 is 10.1 Å². The summed E-state index contributed by atoms with van der Waals surface area (Å²) in [5, 5.41) is 3.16. The molecule has 0 aliphatic heterocycles. The summed E-state index contributed by atoms with van der Waals surface area (Å²) in [6, 6.07) is 2.56. The molecule has 1 aliphatic rings. The van der Waals surface area contributed by atoms with E-state index in [4.69, 9.17) is 9.72 Å². The van der Waals surface area contributed by atoms with Gasteiger partial charge in [0.2, 0.25) is 5.88 Å². The third-order valence-corrected chi connectivity index (χ3v) is 8.90. The van der Waals surface area contributed by atoms with Gasteiger partial charge in [-0.1, -0.05) is 13.8 Å². The van der Waals surface area contributed by atoms with Crippen LogP contribution >= 0.6 is 0 Å². The van der Waals surface area contributed by atoms with Gasteiger partial charge >= 0.3 is 0 Å². The van der Waals surface area contributed by atoms with E-state index in [-0.39, 0.29) is 28.1 Å². The molecule has 0 aromatic carbocycles. The Bertz CT molecular complexity index is 1720. The summed E-state index contributed by atoms with van der Waals surface area (Å²) in [4.78, 5) is 41.0. The van der Waals surface area contributed by atoms with Gasteiger partial charge in [0.15, 0.2) is 27.1 Å². The minimum Gasteiger partial charge on any atom is -0.480 e. The maximum Gasteiger partial charge on any atom is 0.295 e. The summed E-state index contributed by atoms with van der Waals surface area (Å²) < 4.78 is 31.4. The summed E-state index contributed by atoms with van der Waals surface area (Å²) in [5.41, 5.74) is 2.56. The highest BCUT2D eigenvalue weighted by Gasteiger charge is 2.31. The lowest BCUT2D eigenvalue weighted by Gasteiger charge is -2.20. The fourth-order valence-corrected chi connectivity index (χ4v) is 5.32. The molecular weight excluding hydrogens is 532 g/mol. The molecule has 2 atom stereocenters. The van der Waals surface area contributed by atoms with Crippen LogP contribution in [-0.2, 0) is 9.84 Å². The van der Waals surface area contributed by atoms with Crippen molar-refractivity contribution in [3.8, 4) is 17.3 Å². The Kier molecular flexibility index (Phi) is 7.49. The van der Waals surface area contributed by atoms with Crippen LogP contribution in [0.15, 0.2) is 40.5 Å². The molecule has 5 rings (SSSR count). The van der Waals surface area contributed by atoms with Crippen molar-refractivity contribution in [1.82, 2.24) is 34.5 Å². The molecule has 12 nitrogen and oxygen atoms in total. The monoisotopic (exact) mass is 564 g/mol. The summed E-state index contributed by atoms with van der Waals surface area (Å²) >= 11 is 0. The number of fused-ring (bicyclic) bond motifs is 1. The molecule has 0 saturated heterocycles. The molecule has 0 unspecified atom stereocenters. The molecule has 4 aromatic rings. The number of anilines is 1. The van der Waals surface area contributed by atoms with Crippen molar-refractivity contribution in [2.24, 2.45) is 0 Å². The smallest absolute Gasteiger partial charge is 0.295 e. The number of pyridine rings is 1. The van der Waals surface area contributed by atoms with Gasteiger partial charge in [0.05, 0.1) is 41.4 Å². The lowest BCUT2D eigenvalue weighted by Crippen LogP contribution is -2.29. The minimum absolute atomic E-state index is 0.00620. The van der Waals surface area contributed by atoms with Crippen LogP contribution in [0.1, 0.15) is 76.3 Å². The molecule has 1 aliphatic carbocycles. The van der Waals surface area contributed by atoms with E-state index in [0.717, 1.165) is 18.5 Å². The predicted molar refractivity (Wildman–Crippen MR) is 150 cm³/mol. The van der Waals surface area contributed by atoms with Gasteiger partial charge in [-0.25, -0.2) is 33.3 Å². The van der Waals surface area contributed by atoms with Crippen molar-refractivity contribution >= 4 is 26.8 Å². The van der Waals surface area contributed by atoms with E-state index in [2.05, 4.69) is 30.2 Å². The number of ether oxygens (including phenoxy) is 1. The largest absolute Gasteiger partial charge is 0.480 e. The molecule has 1 N–H and O–H groups in total. The molecule has 210 valence electrons. The summed E-state index contributed by atoms with van der Waals surface area (Å²) in [6.07, 6.45) is 7.16. The Morgan fingerprint density at radius 3 is 2.48 bits per heavy atom. The standard InChI is InChI=1S/C27H32N8O4S/c1-6-15(3)35-25-20(13-29-23(34-25)21-22(17-8-9-17)30-14-31-26(21)39-5)33-24(27(35)36)32-16(4)19-11-10-18(12-28-19)40(37,38)7-2/h10-17H,6-9H2,1-5H3,(H,32,33)/t15-,16+/m1/s1. The molecule has 0 radical (unpaired) electrons. The second-order valence-corrected chi connectivity index (χ2v) is 12.2. The molecule has 1 saturated carbocycles. The lowest BCUT2D eigenvalue weighted by molar-refractivity contribution is 0.397. The van der Waals surface area contributed by atoms with Crippen LogP contribution in [0.3, 0.4) is 0 Å². The SMILES string of the molecule is CC[C@@H](C)n1c(=O)c(N[C@@H](C)c2ccc(S(=O)(=O)CC)cn2)nc2cnc(-c3c(OC)ncnc3C3CC3)nc21. The molecule has 4 aromatic heterocycles. The number of nitrogens with one attached hydrogen (secondary N) is 1. The van der Waals surface area contributed by atoms with Gasteiger partial charge in [-0.2, -0.15) is 0 Å². The van der Waals surface area contributed by atoms with Crippen molar-refractivity contribution < 1.29 is 13.2 Å². The third-order valence-electron chi connectivity index (χ3n) is 7.18. The van der Waals surface area contributed by atoms with Crippen LogP contribution in [0.5, 0.6) is 5.88 Å². The van der Waals surface area contributed by atoms with Crippen molar-refractivity contribution in [3.05, 3.63) is 52.6 Å². The molecule has 4 heterocycles. The Hall–Kier alpha value is -4.00. The third kappa shape index (κ3) is 5.12. The number of methoxy groups -OCH3 is 1. The van der Waals surface area contributed by atoms with E-state index in [0.29, 0.717) is 46.5 Å². The number of rotatable bonds is 10. The zero-order valence-electron chi connectivity index (χ0n) is 23.1. The molecule has 0 bridgehead atoms. The second-order valence-electron chi connectivity index (χ2n) is 9.90. The number of sulfone groups is 1. The first-order valence-corrected chi connectivity index (χ1v) is 15.0. The topological polar surface area (TPSA) is 155 Å². The molecule has 0 amide bonds. The van der Waals surface area contributed by atoms with E-state index in [9.17, 15) is 13.2 Å². The average Bonchev–Trinajstić information content (AvgIpc) is 3.82. The molecule has 40 heavy (non-hydrogen) atoms. The van der Waals surface area contributed by atoms with Gasteiger partial charge in [-0.15, -0.1) is 0 Å². The number of nitrogens with zero attached hydrogens (tertiary/aromatic N) is 7. The average molecular weight is 565 g/mol. The van der Waals surface area contributed by atoms with Crippen molar-refractivity contribution in [2.75, 3.05) is 18.2 Å². The zero-order chi connectivity index (χ0) is 28.6. The Balaban J connectivity index is 1.57. The number of hydrogen-bond acceptors (Lipinski definition) is 11. The van der Waals surface area contributed by atoms with Gasteiger partial charge in [0, 0.05) is 18.2 Å². The van der Waals surface area contributed by atoms with E-state index in [1.165, 1.54) is 18.6 Å². The fourth-order valence-electron chi connectivity index (χ4n) is 4.50. The maximum atomic E-state index is 13.8. The highest BCUT2D eigenvalue weighted by molar-refractivity contribution is 7.91. The molecule has 13 heteroatoms. The van der Waals surface area contributed by atoms with Gasteiger partial charge in [-0.05, 0) is 45.2 Å². The second kappa shape index (κ2) is 10.9. The highest BCUT2D eigenvalue weighted by atomic mass is 32.2. The van der Waals surface area contributed by atoms with Crippen molar-refractivity contribution in [1.29, 1.82) is 0 Å². The number of aromatic nitrogens is 7. The zero-order valence-corrected chi connectivity index (χ0v) is 23.9. The Morgan fingerprint density at radius 1 is 1.07 bits per heavy atom. The van der Waals surface area contributed by atoms with Gasteiger partial charge in [0.1, 0.15) is 17.4 Å². The normalized spacial score (nSPS) is 15.1. The number of hydrogen-bond donors (Lipinski definition) is 1. The first kappa shape index (κ1) is 27.6. The maximum absolute atomic E-state index is 13.8. The predicted octanol–water partition coefficient (Wildman–Crippen LogP) is 3.86. The van der Waals surface area contributed by atoms with Crippen LogP contribution in [0, 0.1) is 0 Å². The minimum atomic E-state index is -3.36. The Labute approximate surface area is 232 Å². The fraction of sp³-hybridized carbons (Fsp3) is 0.444. The van der Waals surface area contributed by atoms with E-state index >= 15 is 0 Å². The van der Waals surface area contributed by atoms with Gasteiger partial charge in [-0.3, -0.25) is 14.3 Å². The molecule has 0 spiro atoms. The van der Waals surface area contributed by atoms with Crippen LogP contribution in [0.25, 0.3) is 22.6 Å². The molecular formula is C27H32N8O4S. The summed E-state index contributed by atoms with van der Waals surface area (Å²) in [6.45, 7) is 7.36. The quantitative estimate of drug-likeness (QED) is 0.298. The van der Waals surface area contributed by atoms with Crippen LogP contribution < -0.4 is 15.6 Å². The highest BCUT2D eigenvalue weighted by Crippen LogP contribution is 2.44. The van der Waals surface area contributed by atoms with Crippen LogP contribution in [0.4, 0.5) is 5.82 Å². The van der Waals surface area contributed by atoms with E-state index < -0.39 is 15.9 Å². The van der Waals surface area contributed by atoms with Crippen molar-refractivity contribution in [2.45, 2.75) is 69.9 Å². The van der Waals surface area contributed by atoms with Crippen molar-refractivity contribution in [3.63, 3.8) is 0 Å². The van der Waals surface area contributed by atoms with Crippen LogP contribution in [-0.4, -0.2) is 55.8 Å².